The molecule has 4 heterocycles. The van der Waals surface area contributed by atoms with Crippen LogP contribution in [-0.4, -0.2) is 29.9 Å². The van der Waals surface area contributed by atoms with Gasteiger partial charge >= 0.3 is 0 Å². The Hall–Kier alpha value is -2.41. The highest BCUT2D eigenvalue weighted by atomic mass is 32.2. The number of hydrogen-bond donors (Lipinski definition) is 2. The molecular weight excluding hydrogens is 284 g/mol. The number of H-pyrrole nitrogens is 2. The van der Waals surface area contributed by atoms with E-state index in [0.29, 0.717) is 0 Å². The lowest BCUT2D eigenvalue weighted by molar-refractivity contribution is 1.20. The van der Waals surface area contributed by atoms with E-state index < -0.39 is 0 Å². The van der Waals surface area contributed by atoms with Gasteiger partial charge in [-0.2, -0.15) is 11.8 Å². The van der Waals surface area contributed by atoms with Crippen molar-refractivity contribution in [1.82, 2.24) is 29.9 Å². The molecule has 0 radical (unpaired) electrons. The van der Waals surface area contributed by atoms with Crippen molar-refractivity contribution in [2.24, 2.45) is 0 Å². The molecule has 0 aliphatic carbocycles. The van der Waals surface area contributed by atoms with Gasteiger partial charge in [-0.15, -0.1) is 0 Å². The predicted molar refractivity (Wildman–Crippen MR) is 82.8 cm³/mol. The Morgan fingerprint density at radius 3 is 1.86 bits per heavy atom. The molecule has 0 saturated carbocycles. The van der Waals surface area contributed by atoms with E-state index in [1.807, 2.05) is 36.5 Å². The van der Waals surface area contributed by atoms with E-state index in [9.17, 15) is 0 Å². The fourth-order valence-corrected chi connectivity index (χ4v) is 3.36. The Balaban J connectivity index is 1.50. The minimum absolute atomic E-state index is 0.890. The molecule has 0 aromatic carbocycles. The second kappa shape index (κ2) is 5.17. The molecule has 7 heteroatoms. The second-order valence-corrected chi connectivity index (χ2v) is 5.68. The molecule has 0 saturated heterocycles. The SMILES string of the molecule is c1ncc2c(CSCc3c[nH]c4ncncc34)c[nH]c2n1. The summed E-state index contributed by atoms with van der Waals surface area (Å²) in [5, 5.41) is 2.18. The fourth-order valence-electron chi connectivity index (χ4n) is 2.34. The third kappa shape index (κ3) is 2.25. The van der Waals surface area contributed by atoms with Crippen LogP contribution in [0.1, 0.15) is 11.1 Å². The fraction of sp³-hybridized carbons (Fsp3) is 0.143. The van der Waals surface area contributed by atoms with Crippen molar-refractivity contribution in [3.8, 4) is 0 Å². The molecule has 0 amide bonds. The minimum Gasteiger partial charge on any atom is -0.346 e. The first-order valence-electron chi connectivity index (χ1n) is 6.51. The van der Waals surface area contributed by atoms with Gasteiger partial charge in [0, 0.05) is 47.1 Å². The summed E-state index contributed by atoms with van der Waals surface area (Å²) in [6, 6.07) is 0. The third-order valence-electron chi connectivity index (χ3n) is 3.40. The minimum atomic E-state index is 0.890. The molecule has 0 aliphatic heterocycles. The Morgan fingerprint density at radius 1 is 0.810 bits per heavy atom. The molecule has 4 aromatic heterocycles. The Kier molecular flexibility index (Phi) is 3.04. The maximum absolute atomic E-state index is 4.20. The van der Waals surface area contributed by atoms with Crippen LogP contribution in [0.2, 0.25) is 0 Å². The highest BCUT2D eigenvalue weighted by Crippen LogP contribution is 2.25. The summed E-state index contributed by atoms with van der Waals surface area (Å²) in [5.74, 6) is 1.82. The van der Waals surface area contributed by atoms with Crippen LogP contribution in [0.15, 0.2) is 37.4 Å². The predicted octanol–water partition coefficient (Wildman–Crippen LogP) is 2.66. The first-order valence-corrected chi connectivity index (χ1v) is 7.67. The maximum atomic E-state index is 4.20. The topological polar surface area (TPSA) is 83.1 Å². The third-order valence-corrected chi connectivity index (χ3v) is 4.43. The van der Waals surface area contributed by atoms with E-state index in [-0.39, 0.29) is 0 Å². The normalized spacial score (nSPS) is 11.4. The number of hydrogen-bond acceptors (Lipinski definition) is 5. The Bertz CT molecular complexity index is 822. The van der Waals surface area contributed by atoms with Gasteiger partial charge in [0.2, 0.25) is 0 Å². The molecular formula is C14H12N6S. The molecule has 4 rings (SSSR count). The highest BCUT2D eigenvalue weighted by molar-refractivity contribution is 7.97. The van der Waals surface area contributed by atoms with E-state index >= 15 is 0 Å². The van der Waals surface area contributed by atoms with Crippen molar-refractivity contribution in [1.29, 1.82) is 0 Å². The van der Waals surface area contributed by atoms with Gasteiger partial charge in [0.1, 0.15) is 23.9 Å². The number of fused-ring (bicyclic) bond motifs is 2. The maximum Gasteiger partial charge on any atom is 0.140 e. The Labute approximate surface area is 124 Å². The van der Waals surface area contributed by atoms with Crippen molar-refractivity contribution in [2.75, 3.05) is 0 Å². The summed E-state index contributed by atoms with van der Waals surface area (Å²) in [6.07, 6.45) is 10.8. The van der Waals surface area contributed by atoms with Gasteiger partial charge in [-0.05, 0) is 11.1 Å². The van der Waals surface area contributed by atoms with Crippen LogP contribution in [0.4, 0.5) is 0 Å². The number of aromatic amines is 2. The molecule has 0 atom stereocenters. The van der Waals surface area contributed by atoms with Crippen LogP contribution in [0, 0.1) is 0 Å². The van der Waals surface area contributed by atoms with Gasteiger partial charge in [-0.1, -0.05) is 0 Å². The monoisotopic (exact) mass is 296 g/mol. The van der Waals surface area contributed by atoms with Crippen LogP contribution < -0.4 is 0 Å². The number of rotatable bonds is 4. The van der Waals surface area contributed by atoms with Crippen molar-refractivity contribution >= 4 is 33.8 Å². The molecule has 0 spiro atoms. The lowest BCUT2D eigenvalue weighted by atomic mass is 10.3. The van der Waals surface area contributed by atoms with Crippen molar-refractivity contribution in [2.45, 2.75) is 11.5 Å². The zero-order valence-corrected chi connectivity index (χ0v) is 11.9. The van der Waals surface area contributed by atoms with E-state index in [4.69, 9.17) is 0 Å². The molecule has 4 aromatic rings. The molecule has 0 unspecified atom stereocenters. The summed E-state index contributed by atoms with van der Waals surface area (Å²) in [6.45, 7) is 0. The molecule has 21 heavy (non-hydrogen) atoms. The molecule has 6 nitrogen and oxygen atoms in total. The Morgan fingerprint density at radius 2 is 1.33 bits per heavy atom. The first kappa shape index (κ1) is 12.3. The van der Waals surface area contributed by atoms with Gasteiger partial charge in [0.05, 0.1) is 0 Å². The lowest BCUT2D eigenvalue weighted by Crippen LogP contribution is -1.84. The lowest BCUT2D eigenvalue weighted by Gasteiger charge is -2.00. The summed E-state index contributed by atoms with van der Waals surface area (Å²) < 4.78 is 0. The van der Waals surface area contributed by atoms with E-state index in [2.05, 4.69) is 29.9 Å². The van der Waals surface area contributed by atoms with Gasteiger partial charge in [-0.25, -0.2) is 19.9 Å². The van der Waals surface area contributed by atoms with Gasteiger partial charge in [0.15, 0.2) is 0 Å². The van der Waals surface area contributed by atoms with Crippen molar-refractivity contribution in [3.05, 3.63) is 48.6 Å². The largest absolute Gasteiger partial charge is 0.346 e. The van der Waals surface area contributed by atoms with Crippen molar-refractivity contribution < 1.29 is 0 Å². The zero-order chi connectivity index (χ0) is 14.1. The highest BCUT2D eigenvalue weighted by Gasteiger charge is 2.07. The number of aromatic nitrogens is 6. The van der Waals surface area contributed by atoms with Gasteiger partial charge < -0.3 is 9.97 Å². The summed E-state index contributed by atoms with van der Waals surface area (Å²) in [7, 11) is 0. The van der Waals surface area contributed by atoms with Crippen LogP contribution in [0.25, 0.3) is 22.1 Å². The molecule has 0 aliphatic rings. The average Bonchev–Trinajstić information content (AvgIpc) is 3.13. The average molecular weight is 296 g/mol. The van der Waals surface area contributed by atoms with E-state index in [1.54, 1.807) is 12.7 Å². The van der Waals surface area contributed by atoms with Crippen LogP contribution in [0.5, 0.6) is 0 Å². The standard InChI is InChI=1S/C14H12N6S/c1-9(11-3-15-7-19-13(11)17-1)5-21-6-10-2-18-14-12(10)4-16-8-20-14/h1-4,7-8H,5-6H2,(H,15,17,19)(H,16,18,20). The second-order valence-electron chi connectivity index (χ2n) is 4.69. The van der Waals surface area contributed by atoms with Crippen molar-refractivity contribution in [3.63, 3.8) is 0 Å². The van der Waals surface area contributed by atoms with Crippen LogP contribution in [-0.2, 0) is 11.5 Å². The number of thioether (sulfide) groups is 1. The summed E-state index contributed by atoms with van der Waals surface area (Å²) >= 11 is 1.85. The van der Waals surface area contributed by atoms with E-state index in [1.165, 1.54) is 11.1 Å². The smallest absolute Gasteiger partial charge is 0.140 e. The molecule has 0 fully saturated rings. The molecule has 0 bridgehead atoms. The van der Waals surface area contributed by atoms with Gasteiger partial charge in [-0.3, -0.25) is 0 Å². The molecule has 2 N–H and O–H groups in total. The van der Waals surface area contributed by atoms with E-state index in [0.717, 1.165) is 33.6 Å². The van der Waals surface area contributed by atoms with Crippen LogP contribution in [0.3, 0.4) is 0 Å². The number of nitrogens with zero attached hydrogens (tertiary/aromatic N) is 4. The quantitative estimate of drug-likeness (QED) is 0.605. The van der Waals surface area contributed by atoms with Gasteiger partial charge in [0.25, 0.3) is 0 Å². The molecule has 104 valence electrons. The first-order chi connectivity index (χ1) is 10.4. The zero-order valence-electron chi connectivity index (χ0n) is 11.1. The van der Waals surface area contributed by atoms with Crippen LogP contribution >= 0.6 is 11.8 Å². The summed E-state index contributed by atoms with van der Waals surface area (Å²) in [5.41, 5.74) is 4.24. The summed E-state index contributed by atoms with van der Waals surface area (Å²) in [4.78, 5) is 22.9. The number of nitrogens with one attached hydrogen (secondary N) is 2.